The Morgan fingerprint density at radius 1 is 1.00 bits per heavy atom. The standard InChI is InChI=1S/C25H24F3N5O3.ClH/c26-25(27,28)21-20(31-23(36-21)16-5-2-1-3-6-16)22(34)30-18-9-10-19(29-15-18)32-11-4-12-33(14-13-32)24(35)17-7-8-17;/h1-3,5-6,9-10,15,17H,4,7-8,11-14H2,(H,30,34);1H. The van der Waals surface area contributed by atoms with Crippen LogP contribution < -0.4 is 10.2 Å². The number of oxazole rings is 1. The molecule has 1 aliphatic heterocycles. The minimum atomic E-state index is -4.89. The van der Waals surface area contributed by atoms with E-state index in [0.29, 0.717) is 31.0 Å². The van der Waals surface area contributed by atoms with Crippen molar-refractivity contribution in [2.24, 2.45) is 5.92 Å². The summed E-state index contributed by atoms with van der Waals surface area (Å²) in [5, 5.41) is 2.42. The maximum absolute atomic E-state index is 13.5. The highest BCUT2D eigenvalue weighted by Crippen LogP contribution is 2.35. The SMILES string of the molecule is Cl.O=C(Nc1ccc(N2CCCN(C(=O)C3CC3)CC2)nc1)c1nc(-c2ccccc2)oc1C(F)(F)F. The van der Waals surface area contributed by atoms with Gasteiger partial charge in [0.15, 0.2) is 5.69 Å². The monoisotopic (exact) mass is 535 g/mol. The van der Waals surface area contributed by atoms with Gasteiger partial charge in [0.25, 0.3) is 5.91 Å². The summed E-state index contributed by atoms with van der Waals surface area (Å²) >= 11 is 0. The number of carbonyl (C=O) groups is 2. The molecule has 0 bridgehead atoms. The smallest absolute Gasteiger partial charge is 0.431 e. The molecule has 3 heterocycles. The summed E-state index contributed by atoms with van der Waals surface area (Å²) in [5.41, 5.74) is -0.303. The Balaban J connectivity index is 0.00000320. The zero-order valence-corrected chi connectivity index (χ0v) is 20.5. The molecule has 37 heavy (non-hydrogen) atoms. The van der Waals surface area contributed by atoms with Crippen LogP contribution in [0, 0.1) is 5.92 Å². The van der Waals surface area contributed by atoms with Gasteiger partial charge in [-0.25, -0.2) is 9.97 Å². The van der Waals surface area contributed by atoms with E-state index in [4.69, 9.17) is 4.42 Å². The first kappa shape index (κ1) is 26.5. The number of hydrogen-bond donors (Lipinski definition) is 1. The van der Waals surface area contributed by atoms with Crippen molar-refractivity contribution < 1.29 is 27.2 Å². The van der Waals surface area contributed by atoms with E-state index in [1.807, 2.05) is 4.90 Å². The summed E-state index contributed by atoms with van der Waals surface area (Å²) in [6, 6.07) is 11.3. The fourth-order valence-corrected chi connectivity index (χ4v) is 4.16. The van der Waals surface area contributed by atoms with Crippen LogP contribution in [-0.4, -0.2) is 52.9 Å². The second kappa shape index (κ2) is 10.8. The number of aromatic nitrogens is 2. The van der Waals surface area contributed by atoms with E-state index in [9.17, 15) is 22.8 Å². The largest absolute Gasteiger partial charge is 0.452 e. The average Bonchev–Trinajstić information content (AvgIpc) is 3.66. The second-order valence-corrected chi connectivity index (χ2v) is 8.86. The van der Waals surface area contributed by atoms with Gasteiger partial charge in [-0.2, -0.15) is 13.2 Å². The maximum atomic E-state index is 13.5. The Hall–Kier alpha value is -3.60. The lowest BCUT2D eigenvalue weighted by Crippen LogP contribution is -2.36. The third-order valence-electron chi connectivity index (χ3n) is 6.18. The van der Waals surface area contributed by atoms with Crippen LogP contribution in [0.15, 0.2) is 53.1 Å². The molecule has 2 aromatic heterocycles. The van der Waals surface area contributed by atoms with Crippen molar-refractivity contribution in [2.75, 3.05) is 36.4 Å². The molecule has 0 spiro atoms. The van der Waals surface area contributed by atoms with Crippen molar-refractivity contribution in [3.05, 3.63) is 60.1 Å². The van der Waals surface area contributed by atoms with Crippen molar-refractivity contribution in [3.63, 3.8) is 0 Å². The van der Waals surface area contributed by atoms with E-state index < -0.39 is 23.5 Å². The molecule has 2 amide bonds. The topological polar surface area (TPSA) is 91.6 Å². The first-order valence-electron chi connectivity index (χ1n) is 11.7. The lowest BCUT2D eigenvalue weighted by atomic mass is 10.2. The number of pyridine rings is 1. The number of halogens is 4. The number of nitrogens with zero attached hydrogens (tertiary/aromatic N) is 4. The van der Waals surface area contributed by atoms with E-state index in [1.54, 1.807) is 42.5 Å². The van der Waals surface area contributed by atoms with Crippen LogP contribution in [0.5, 0.6) is 0 Å². The van der Waals surface area contributed by atoms with E-state index in [0.717, 1.165) is 25.8 Å². The van der Waals surface area contributed by atoms with Crippen LogP contribution in [0.2, 0.25) is 0 Å². The first-order chi connectivity index (χ1) is 17.3. The minimum Gasteiger partial charge on any atom is -0.431 e. The molecule has 0 atom stereocenters. The Labute approximate surface area is 217 Å². The first-order valence-corrected chi connectivity index (χ1v) is 11.7. The van der Waals surface area contributed by atoms with E-state index in [-0.39, 0.29) is 35.8 Å². The number of hydrogen-bond acceptors (Lipinski definition) is 6. The molecule has 196 valence electrons. The predicted octanol–water partition coefficient (Wildman–Crippen LogP) is 4.88. The van der Waals surface area contributed by atoms with Gasteiger partial charge in [-0.1, -0.05) is 18.2 Å². The molecule has 12 heteroatoms. The van der Waals surface area contributed by atoms with Crippen molar-refractivity contribution in [1.82, 2.24) is 14.9 Å². The molecule has 1 aromatic carbocycles. The molecule has 3 aromatic rings. The van der Waals surface area contributed by atoms with Crippen molar-refractivity contribution in [2.45, 2.75) is 25.4 Å². The quantitative estimate of drug-likeness (QED) is 0.501. The van der Waals surface area contributed by atoms with Gasteiger partial charge in [-0.05, 0) is 43.5 Å². The molecule has 0 radical (unpaired) electrons. The minimum absolute atomic E-state index is 0. The van der Waals surface area contributed by atoms with E-state index in [1.165, 1.54) is 6.20 Å². The number of carbonyl (C=O) groups excluding carboxylic acids is 2. The van der Waals surface area contributed by atoms with Gasteiger partial charge >= 0.3 is 6.18 Å². The molecule has 0 unspecified atom stereocenters. The summed E-state index contributed by atoms with van der Waals surface area (Å²) < 4.78 is 45.5. The molecular formula is C25H25ClF3N5O3. The van der Waals surface area contributed by atoms with Gasteiger partial charge in [0.1, 0.15) is 5.82 Å². The highest BCUT2D eigenvalue weighted by atomic mass is 35.5. The molecular weight excluding hydrogens is 511 g/mol. The number of nitrogens with one attached hydrogen (secondary N) is 1. The summed E-state index contributed by atoms with van der Waals surface area (Å²) in [7, 11) is 0. The zero-order chi connectivity index (χ0) is 25.3. The number of rotatable bonds is 5. The van der Waals surface area contributed by atoms with E-state index >= 15 is 0 Å². The lowest BCUT2D eigenvalue weighted by Gasteiger charge is -2.23. The zero-order valence-electron chi connectivity index (χ0n) is 19.7. The van der Waals surface area contributed by atoms with Gasteiger partial charge in [0.05, 0.1) is 11.9 Å². The summed E-state index contributed by atoms with van der Waals surface area (Å²) in [6.07, 6.45) is -0.748. The predicted molar refractivity (Wildman–Crippen MR) is 133 cm³/mol. The Bertz CT molecular complexity index is 1250. The number of anilines is 2. The number of benzene rings is 1. The van der Waals surface area contributed by atoms with Crippen molar-refractivity contribution >= 4 is 35.7 Å². The normalized spacial score (nSPS) is 16.1. The van der Waals surface area contributed by atoms with Crippen LogP contribution in [0.4, 0.5) is 24.7 Å². The van der Waals surface area contributed by atoms with Crippen molar-refractivity contribution in [3.8, 4) is 11.5 Å². The van der Waals surface area contributed by atoms with Crippen LogP contribution in [0.3, 0.4) is 0 Å². The van der Waals surface area contributed by atoms with Gasteiger partial charge in [-0.3, -0.25) is 9.59 Å². The number of alkyl halides is 3. The highest BCUT2D eigenvalue weighted by Gasteiger charge is 2.42. The molecule has 1 aliphatic carbocycles. The summed E-state index contributed by atoms with van der Waals surface area (Å²) in [5.74, 6) is -1.73. The lowest BCUT2D eigenvalue weighted by molar-refractivity contribution is -0.153. The maximum Gasteiger partial charge on any atom is 0.452 e. The van der Waals surface area contributed by atoms with Gasteiger partial charge < -0.3 is 19.5 Å². The van der Waals surface area contributed by atoms with Crippen LogP contribution in [0.1, 0.15) is 35.5 Å². The van der Waals surface area contributed by atoms with Crippen LogP contribution in [-0.2, 0) is 11.0 Å². The molecule has 2 fully saturated rings. The fraction of sp³-hybridized carbons (Fsp3) is 0.360. The average molecular weight is 536 g/mol. The summed E-state index contributed by atoms with van der Waals surface area (Å²) in [6.45, 7) is 2.69. The Kier molecular flexibility index (Phi) is 7.72. The number of amides is 2. The second-order valence-electron chi connectivity index (χ2n) is 8.86. The molecule has 2 aliphatic rings. The Morgan fingerprint density at radius 3 is 2.41 bits per heavy atom. The molecule has 8 nitrogen and oxygen atoms in total. The van der Waals surface area contributed by atoms with Gasteiger partial charge in [0.2, 0.25) is 17.6 Å². The molecule has 5 rings (SSSR count). The Morgan fingerprint density at radius 2 is 1.76 bits per heavy atom. The fourth-order valence-electron chi connectivity index (χ4n) is 4.16. The van der Waals surface area contributed by atoms with Crippen LogP contribution >= 0.6 is 12.4 Å². The summed E-state index contributed by atoms with van der Waals surface area (Å²) in [4.78, 5) is 37.2. The van der Waals surface area contributed by atoms with Crippen molar-refractivity contribution in [1.29, 1.82) is 0 Å². The third-order valence-corrected chi connectivity index (χ3v) is 6.18. The highest BCUT2D eigenvalue weighted by molar-refractivity contribution is 6.04. The third kappa shape index (κ3) is 6.04. The van der Waals surface area contributed by atoms with Gasteiger partial charge in [-0.15, -0.1) is 12.4 Å². The van der Waals surface area contributed by atoms with E-state index in [2.05, 4.69) is 20.2 Å². The van der Waals surface area contributed by atoms with Crippen LogP contribution in [0.25, 0.3) is 11.5 Å². The van der Waals surface area contributed by atoms with Gasteiger partial charge in [0, 0.05) is 37.7 Å². The molecule has 1 N–H and O–H groups in total. The molecule has 1 saturated heterocycles. The molecule has 1 saturated carbocycles.